The van der Waals surface area contributed by atoms with Crippen LogP contribution < -0.4 is 10.6 Å². The number of anilines is 2. The summed E-state index contributed by atoms with van der Waals surface area (Å²) in [7, 11) is 0. The van der Waals surface area contributed by atoms with E-state index >= 15 is 0 Å². The molecule has 0 saturated carbocycles. The summed E-state index contributed by atoms with van der Waals surface area (Å²) in [6, 6.07) is 5.63. The van der Waals surface area contributed by atoms with Crippen molar-refractivity contribution in [2.75, 3.05) is 36.9 Å². The number of amides is 1. The normalized spacial score (nSPS) is 15.7. The van der Waals surface area contributed by atoms with Crippen molar-refractivity contribution in [3.05, 3.63) is 58.5 Å². The van der Waals surface area contributed by atoms with Gasteiger partial charge in [0.05, 0.1) is 35.5 Å². The maximum absolute atomic E-state index is 13.3. The number of nitrogens with zero attached hydrogens (tertiary/aromatic N) is 6. The molecule has 4 aromatic rings. The number of carbonyl (C=O) groups excluding carboxylic acids is 1. The number of halogens is 1. The molecule has 0 aliphatic carbocycles. The number of carbonyl (C=O) groups is 1. The highest BCUT2D eigenvalue weighted by Crippen LogP contribution is 2.42. The van der Waals surface area contributed by atoms with Crippen LogP contribution in [-0.2, 0) is 17.8 Å². The lowest BCUT2D eigenvalue weighted by Crippen LogP contribution is -2.37. The zero-order valence-corrected chi connectivity index (χ0v) is 18.9. The van der Waals surface area contributed by atoms with Crippen LogP contribution in [0.25, 0.3) is 21.6 Å². The zero-order chi connectivity index (χ0) is 23.2. The maximum atomic E-state index is 13.3. The third kappa shape index (κ3) is 3.62. The van der Waals surface area contributed by atoms with E-state index in [1.807, 2.05) is 0 Å². The van der Waals surface area contributed by atoms with Crippen LogP contribution >= 0.6 is 11.3 Å². The second-order valence-electron chi connectivity index (χ2n) is 8.15. The number of nitrogens with two attached hydrogens (primary N) is 1. The Bertz CT molecular complexity index is 1390. The quantitative estimate of drug-likeness (QED) is 0.480. The minimum atomic E-state index is -0.366. The van der Waals surface area contributed by atoms with Gasteiger partial charge in [-0.3, -0.25) is 4.79 Å². The fourth-order valence-electron chi connectivity index (χ4n) is 4.26. The first-order valence-corrected chi connectivity index (χ1v) is 11.7. The van der Waals surface area contributed by atoms with Gasteiger partial charge in [-0.25, -0.2) is 24.3 Å². The number of ether oxygens (including phenoxy) is 1. The smallest absolute Gasteiger partial charge is 0.254 e. The van der Waals surface area contributed by atoms with E-state index in [0.717, 1.165) is 39.6 Å². The van der Waals surface area contributed by atoms with Gasteiger partial charge in [0, 0.05) is 48.0 Å². The summed E-state index contributed by atoms with van der Waals surface area (Å²) in [5, 5.41) is 0. The maximum Gasteiger partial charge on any atom is 0.254 e. The van der Waals surface area contributed by atoms with Gasteiger partial charge in [-0.15, -0.1) is 11.3 Å². The minimum absolute atomic E-state index is 0.133. The average Bonchev–Trinajstić information content (AvgIpc) is 3.43. The number of fused-ring (bicyclic) bond motifs is 3. The average molecular weight is 478 g/mol. The first kappa shape index (κ1) is 20.9. The minimum Gasteiger partial charge on any atom is -0.378 e. The Labute approximate surface area is 198 Å². The lowest BCUT2D eigenvalue weighted by atomic mass is 10.2. The van der Waals surface area contributed by atoms with Gasteiger partial charge in [-0.05, 0) is 24.3 Å². The number of thiophene rings is 1. The topological polar surface area (TPSA) is 110 Å². The van der Waals surface area contributed by atoms with Crippen molar-refractivity contribution in [1.82, 2.24) is 24.8 Å². The molecule has 2 aliphatic heterocycles. The molecule has 1 aromatic carbocycles. The van der Waals surface area contributed by atoms with Gasteiger partial charge in [-0.2, -0.15) is 0 Å². The molecule has 1 saturated heterocycles. The molecule has 3 aromatic heterocycles. The molecule has 0 bridgehead atoms. The van der Waals surface area contributed by atoms with Gasteiger partial charge < -0.3 is 20.3 Å². The molecule has 5 heterocycles. The molecular weight excluding hydrogens is 457 g/mol. The van der Waals surface area contributed by atoms with E-state index in [1.54, 1.807) is 28.6 Å². The first-order valence-electron chi connectivity index (χ1n) is 10.8. The number of hydrogen-bond acceptors (Lipinski definition) is 9. The number of hydrogen-bond donors (Lipinski definition) is 1. The fraction of sp³-hybridized carbons (Fsp3) is 0.261. The monoisotopic (exact) mass is 477 g/mol. The van der Waals surface area contributed by atoms with Gasteiger partial charge in [-0.1, -0.05) is 0 Å². The predicted molar refractivity (Wildman–Crippen MR) is 126 cm³/mol. The molecule has 9 nitrogen and oxygen atoms in total. The van der Waals surface area contributed by atoms with Crippen LogP contribution in [0.5, 0.6) is 0 Å². The van der Waals surface area contributed by atoms with Crippen LogP contribution in [0.15, 0.2) is 36.7 Å². The molecule has 1 amide bonds. The highest BCUT2D eigenvalue weighted by Gasteiger charge is 2.31. The Hall–Kier alpha value is -3.70. The van der Waals surface area contributed by atoms with Gasteiger partial charge in [0.15, 0.2) is 11.6 Å². The third-order valence-corrected chi connectivity index (χ3v) is 7.20. The molecule has 0 unspecified atom stereocenters. The van der Waals surface area contributed by atoms with E-state index in [1.165, 1.54) is 24.3 Å². The second-order valence-corrected chi connectivity index (χ2v) is 9.25. The van der Waals surface area contributed by atoms with E-state index in [4.69, 9.17) is 20.4 Å². The van der Waals surface area contributed by atoms with Gasteiger partial charge in [0.1, 0.15) is 5.82 Å². The molecule has 0 spiro atoms. The first-order chi connectivity index (χ1) is 16.6. The van der Waals surface area contributed by atoms with Crippen LogP contribution in [0, 0.1) is 5.82 Å². The molecular formula is C23H20FN7O2S. The molecule has 2 aliphatic rings. The predicted octanol–water partition coefficient (Wildman–Crippen LogP) is 2.86. The highest BCUT2D eigenvalue weighted by molar-refractivity contribution is 7.19. The van der Waals surface area contributed by atoms with Gasteiger partial charge in [0.2, 0.25) is 5.95 Å². The molecule has 172 valence electrons. The number of nitrogen functional groups attached to an aromatic ring is 1. The van der Waals surface area contributed by atoms with E-state index in [-0.39, 0.29) is 17.7 Å². The van der Waals surface area contributed by atoms with Gasteiger partial charge in [0.25, 0.3) is 5.91 Å². The highest BCUT2D eigenvalue weighted by atomic mass is 32.1. The summed E-state index contributed by atoms with van der Waals surface area (Å²) in [6.07, 6.45) is 3.23. The largest absolute Gasteiger partial charge is 0.378 e. The Kier molecular flexibility index (Phi) is 5.07. The lowest BCUT2D eigenvalue weighted by molar-refractivity contribution is 0.0752. The van der Waals surface area contributed by atoms with Crippen molar-refractivity contribution in [3.63, 3.8) is 0 Å². The van der Waals surface area contributed by atoms with Crippen LogP contribution in [0.4, 0.5) is 16.2 Å². The molecule has 1 fully saturated rings. The molecule has 0 radical (unpaired) electrons. The summed E-state index contributed by atoms with van der Waals surface area (Å²) in [5.74, 6) is 1.05. The number of morpholine rings is 1. The second kappa shape index (κ2) is 8.26. The van der Waals surface area contributed by atoms with E-state index in [0.29, 0.717) is 43.3 Å². The number of benzene rings is 1. The zero-order valence-electron chi connectivity index (χ0n) is 18.1. The number of rotatable bonds is 3. The Balaban J connectivity index is 1.41. The van der Waals surface area contributed by atoms with Crippen molar-refractivity contribution in [2.24, 2.45) is 0 Å². The van der Waals surface area contributed by atoms with Crippen molar-refractivity contribution in [1.29, 1.82) is 0 Å². The van der Waals surface area contributed by atoms with E-state index in [2.05, 4.69) is 14.9 Å². The summed E-state index contributed by atoms with van der Waals surface area (Å²) in [4.78, 5) is 36.0. The molecule has 0 atom stereocenters. The fourth-order valence-corrected chi connectivity index (χ4v) is 5.54. The third-order valence-electron chi connectivity index (χ3n) is 6.00. The molecule has 34 heavy (non-hydrogen) atoms. The SMILES string of the molecule is Nc1ncc(-c2nc(N3CCOCC3)c3sc4c(c3n2)CN(C(=O)c2ccc(F)cc2)C4)cn1. The Morgan fingerprint density at radius 1 is 1.06 bits per heavy atom. The van der Waals surface area contributed by atoms with Crippen LogP contribution in [0.1, 0.15) is 20.8 Å². The summed E-state index contributed by atoms with van der Waals surface area (Å²) >= 11 is 1.62. The van der Waals surface area contributed by atoms with E-state index in [9.17, 15) is 9.18 Å². The Morgan fingerprint density at radius 3 is 2.53 bits per heavy atom. The van der Waals surface area contributed by atoms with Crippen molar-refractivity contribution in [2.45, 2.75) is 13.1 Å². The van der Waals surface area contributed by atoms with E-state index < -0.39 is 0 Å². The summed E-state index contributed by atoms with van der Waals surface area (Å²) in [5.41, 5.74) is 8.64. The van der Waals surface area contributed by atoms with Crippen LogP contribution in [0.2, 0.25) is 0 Å². The molecule has 2 N–H and O–H groups in total. The van der Waals surface area contributed by atoms with Crippen LogP contribution in [-0.4, -0.2) is 57.0 Å². The molecule has 6 rings (SSSR count). The molecule has 11 heteroatoms. The van der Waals surface area contributed by atoms with Crippen molar-refractivity contribution >= 4 is 39.2 Å². The standard InChI is InChI=1S/C23H20FN7O2S/c24-15-3-1-13(2-4-15)22(32)31-11-16-17(12-31)34-19-18(16)28-20(14-9-26-23(25)27-10-14)29-21(19)30-5-7-33-8-6-30/h1-4,9-10H,5-8,11-12H2,(H2,25,26,27). The number of aromatic nitrogens is 4. The van der Waals surface area contributed by atoms with Crippen molar-refractivity contribution in [3.8, 4) is 11.4 Å². The summed E-state index contributed by atoms with van der Waals surface area (Å²) in [6.45, 7) is 3.66. The Morgan fingerprint density at radius 2 is 1.79 bits per heavy atom. The lowest BCUT2D eigenvalue weighted by Gasteiger charge is -2.28. The summed E-state index contributed by atoms with van der Waals surface area (Å²) < 4.78 is 19.8. The van der Waals surface area contributed by atoms with Crippen LogP contribution in [0.3, 0.4) is 0 Å². The van der Waals surface area contributed by atoms with Crippen molar-refractivity contribution < 1.29 is 13.9 Å². The van der Waals surface area contributed by atoms with Gasteiger partial charge >= 0.3 is 0 Å².